The van der Waals surface area contributed by atoms with Gasteiger partial charge in [0.15, 0.2) is 0 Å². The van der Waals surface area contributed by atoms with E-state index in [0.29, 0.717) is 34.9 Å². The maximum Gasteiger partial charge on any atom is 0.429 e. The number of hydrogen-bond acceptors (Lipinski definition) is 4. The number of carbonyl (C=O) groups is 1. The molecule has 1 heterocycles. The van der Waals surface area contributed by atoms with Crippen LogP contribution >= 0.6 is 11.6 Å². The number of halogens is 4. The van der Waals surface area contributed by atoms with E-state index in [1.54, 1.807) is 53.4 Å². The van der Waals surface area contributed by atoms with Gasteiger partial charge in [0, 0.05) is 31.6 Å². The Morgan fingerprint density at radius 1 is 1.03 bits per heavy atom. The van der Waals surface area contributed by atoms with Crippen LogP contribution in [0.3, 0.4) is 0 Å². The first-order valence-corrected chi connectivity index (χ1v) is 10.6. The number of aliphatic imine (C=N–C) groups is 1. The SMILES string of the molecule is CN1CCCN(C(=O)c2ccc(C(CC(=N)C(F)(F)F)=Nc3ccccc3Cl)cc2)CC1. The van der Waals surface area contributed by atoms with Crippen molar-refractivity contribution in [3.8, 4) is 0 Å². The van der Waals surface area contributed by atoms with Crippen LogP contribution in [0, 0.1) is 5.41 Å². The van der Waals surface area contributed by atoms with Gasteiger partial charge in [-0.15, -0.1) is 0 Å². The van der Waals surface area contributed by atoms with Gasteiger partial charge in [-0.2, -0.15) is 13.2 Å². The molecule has 0 radical (unpaired) electrons. The second-order valence-electron chi connectivity index (χ2n) is 7.69. The predicted octanol–water partition coefficient (Wildman–Crippen LogP) is 5.21. The zero-order valence-corrected chi connectivity index (χ0v) is 18.4. The average molecular weight is 465 g/mol. The number of likely N-dealkylation sites (N-methyl/N-ethyl adjacent to an activating group) is 1. The van der Waals surface area contributed by atoms with Crippen molar-refractivity contribution in [2.75, 3.05) is 33.2 Å². The lowest BCUT2D eigenvalue weighted by Gasteiger charge is -2.20. The Morgan fingerprint density at radius 2 is 1.69 bits per heavy atom. The first-order valence-electron chi connectivity index (χ1n) is 10.2. The summed E-state index contributed by atoms with van der Waals surface area (Å²) in [5.41, 5.74) is -0.187. The minimum atomic E-state index is -4.75. The number of amides is 1. The number of alkyl halides is 3. The molecule has 1 aliphatic heterocycles. The Balaban J connectivity index is 1.87. The summed E-state index contributed by atoms with van der Waals surface area (Å²) in [6.07, 6.45) is -4.58. The van der Waals surface area contributed by atoms with Gasteiger partial charge in [-0.05, 0) is 49.8 Å². The third kappa shape index (κ3) is 6.17. The minimum absolute atomic E-state index is 0.0517. The van der Waals surface area contributed by atoms with Crippen molar-refractivity contribution in [3.63, 3.8) is 0 Å². The molecule has 1 aliphatic rings. The summed E-state index contributed by atoms with van der Waals surface area (Å²) in [6.45, 7) is 3.00. The predicted molar refractivity (Wildman–Crippen MR) is 121 cm³/mol. The van der Waals surface area contributed by atoms with Gasteiger partial charge in [0.25, 0.3) is 5.91 Å². The zero-order valence-electron chi connectivity index (χ0n) is 17.6. The topological polar surface area (TPSA) is 59.8 Å². The van der Waals surface area contributed by atoms with Crippen LogP contribution in [-0.4, -0.2) is 66.5 Å². The molecule has 0 atom stereocenters. The van der Waals surface area contributed by atoms with Crippen LogP contribution in [0.25, 0.3) is 0 Å². The molecule has 1 amide bonds. The molecular weight excluding hydrogens is 441 g/mol. The number of nitrogens with one attached hydrogen (secondary N) is 1. The highest BCUT2D eigenvalue weighted by Crippen LogP contribution is 2.27. The first-order chi connectivity index (χ1) is 15.1. The van der Waals surface area contributed by atoms with E-state index < -0.39 is 18.3 Å². The second-order valence-corrected chi connectivity index (χ2v) is 8.10. The van der Waals surface area contributed by atoms with Crippen molar-refractivity contribution in [3.05, 3.63) is 64.7 Å². The van der Waals surface area contributed by atoms with Gasteiger partial charge in [0.2, 0.25) is 0 Å². The van der Waals surface area contributed by atoms with Crippen LogP contribution in [0.2, 0.25) is 5.02 Å². The Hall–Kier alpha value is -2.71. The summed E-state index contributed by atoms with van der Waals surface area (Å²) >= 11 is 6.12. The highest BCUT2D eigenvalue weighted by atomic mass is 35.5. The third-order valence-electron chi connectivity index (χ3n) is 5.27. The molecule has 0 unspecified atom stereocenters. The standard InChI is InChI=1S/C23H24ClF3N4O/c1-30-11-4-12-31(14-13-30)22(32)17-9-7-16(8-10-17)20(15-21(28)23(25,26)27)29-19-6-3-2-5-18(19)24/h2-3,5-10,28H,4,11-15H2,1H3. The maximum atomic E-state index is 13.0. The maximum absolute atomic E-state index is 13.0. The Labute approximate surface area is 190 Å². The molecule has 2 aromatic carbocycles. The number of para-hydroxylation sites is 1. The van der Waals surface area contributed by atoms with E-state index in [2.05, 4.69) is 9.89 Å². The van der Waals surface area contributed by atoms with Crippen molar-refractivity contribution in [2.45, 2.75) is 19.0 Å². The van der Waals surface area contributed by atoms with Crippen molar-refractivity contribution >= 4 is 34.6 Å². The summed E-state index contributed by atoms with van der Waals surface area (Å²) in [5, 5.41) is 7.71. The summed E-state index contributed by atoms with van der Waals surface area (Å²) in [6, 6.07) is 12.9. The highest BCUT2D eigenvalue weighted by Gasteiger charge is 2.35. The molecule has 5 nitrogen and oxygen atoms in total. The fourth-order valence-corrected chi connectivity index (χ4v) is 3.58. The van der Waals surface area contributed by atoms with Crippen LogP contribution in [0.15, 0.2) is 53.5 Å². The van der Waals surface area contributed by atoms with Crippen molar-refractivity contribution < 1.29 is 18.0 Å². The average Bonchev–Trinajstić information content (AvgIpc) is 2.98. The van der Waals surface area contributed by atoms with Crippen LogP contribution in [-0.2, 0) is 0 Å². The molecule has 1 N–H and O–H groups in total. The normalized spacial score (nSPS) is 16.0. The van der Waals surface area contributed by atoms with E-state index in [1.807, 2.05) is 7.05 Å². The largest absolute Gasteiger partial charge is 0.429 e. The summed E-state index contributed by atoms with van der Waals surface area (Å²) in [7, 11) is 2.02. The van der Waals surface area contributed by atoms with Crippen LogP contribution < -0.4 is 0 Å². The van der Waals surface area contributed by atoms with Crippen molar-refractivity contribution in [2.24, 2.45) is 4.99 Å². The molecule has 0 aliphatic carbocycles. The molecule has 32 heavy (non-hydrogen) atoms. The lowest BCUT2D eigenvalue weighted by Crippen LogP contribution is -2.34. The van der Waals surface area contributed by atoms with E-state index in [0.717, 1.165) is 19.5 Å². The Morgan fingerprint density at radius 3 is 2.34 bits per heavy atom. The van der Waals surface area contributed by atoms with Gasteiger partial charge in [0.05, 0.1) is 16.4 Å². The molecule has 3 rings (SSSR count). The number of rotatable bonds is 5. The second kappa shape index (κ2) is 10.3. The third-order valence-corrected chi connectivity index (χ3v) is 5.59. The van der Waals surface area contributed by atoms with Gasteiger partial charge in [-0.3, -0.25) is 9.79 Å². The molecule has 2 aromatic rings. The fraction of sp³-hybridized carbons (Fsp3) is 0.348. The number of benzene rings is 2. The summed E-state index contributed by atoms with van der Waals surface area (Å²) < 4.78 is 39.1. The zero-order chi connectivity index (χ0) is 23.3. The van der Waals surface area contributed by atoms with E-state index >= 15 is 0 Å². The first kappa shape index (κ1) is 23.9. The minimum Gasteiger partial charge on any atom is -0.337 e. The monoisotopic (exact) mass is 464 g/mol. The van der Waals surface area contributed by atoms with Gasteiger partial charge >= 0.3 is 6.18 Å². The van der Waals surface area contributed by atoms with Crippen LogP contribution in [0.5, 0.6) is 0 Å². The Kier molecular flexibility index (Phi) is 7.69. The quantitative estimate of drug-likeness (QED) is 0.617. The van der Waals surface area contributed by atoms with E-state index in [-0.39, 0.29) is 11.6 Å². The molecule has 0 aromatic heterocycles. The lowest BCUT2D eigenvalue weighted by molar-refractivity contribution is -0.0605. The molecule has 1 saturated heterocycles. The smallest absolute Gasteiger partial charge is 0.337 e. The van der Waals surface area contributed by atoms with Crippen molar-refractivity contribution in [1.82, 2.24) is 9.80 Å². The highest BCUT2D eigenvalue weighted by molar-refractivity contribution is 6.33. The molecule has 170 valence electrons. The molecule has 9 heteroatoms. The van der Waals surface area contributed by atoms with E-state index in [4.69, 9.17) is 17.0 Å². The number of hydrogen-bond donors (Lipinski definition) is 1. The number of nitrogens with zero attached hydrogens (tertiary/aromatic N) is 3. The molecule has 1 fully saturated rings. The van der Waals surface area contributed by atoms with E-state index in [1.165, 1.54) is 0 Å². The van der Waals surface area contributed by atoms with Crippen molar-refractivity contribution in [1.29, 1.82) is 5.41 Å². The molecule has 0 saturated carbocycles. The molecular formula is C23H24ClF3N4O. The fourth-order valence-electron chi connectivity index (χ4n) is 3.40. The Bertz CT molecular complexity index is 1010. The van der Waals surface area contributed by atoms with Gasteiger partial charge in [0.1, 0.15) is 5.71 Å². The lowest BCUT2D eigenvalue weighted by atomic mass is 10.0. The van der Waals surface area contributed by atoms with Gasteiger partial charge < -0.3 is 15.2 Å². The number of carbonyl (C=O) groups excluding carboxylic acids is 1. The molecule has 0 spiro atoms. The summed E-state index contributed by atoms with van der Waals surface area (Å²) in [5.74, 6) is -0.112. The summed E-state index contributed by atoms with van der Waals surface area (Å²) in [4.78, 5) is 21.1. The van der Waals surface area contributed by atoms with Crippen LogP contribution in [0.4, 0.5) is 18.9 Å². The van der Waals surface area contributed by atoms with E-state index in [9.17, 15) is 18.0 Å². The molecule has 0 bridgehead atoms. The van der Waals surface area contributed by atoms with Gasteiger partial charge in [-0.1, -0.05) is 35.9 Å². The van der Waals surface area contributed by atoms with Crippen LogP contribution in [0.1, 0.15) is 28.8 Å². The van der Waals surface area contributed by atoms with Gasteiger partial charge in [-0.25, -0.2) is 0 Å².